The van der Waals surface area contributed by atoms with E-state index >= 15 is 0 Å². The van der Waals surface area contributed by atoms with Gasteiger partial charge in [0, 0.05) is 50.3 Å². The Bertz CT molecular complexity index is 1030. The monoisotopic (exact) mass is 512 g/mol. The van der Waals surface area contributed by atoms with Crippen LogP contribution in [0, 0.1) is 6.92 Å². The number of nitrogens with zero attached hydrogens (tertiary/aromatic N) is 4. The lowest BCUT2D eigenvalue weighted by molar-refractivity contribution is -0.138. The maximum Gasteiger partial charge on any atom is 0.248 e. The summed E-state index contributed by atoms with van der Waals surface area (Å²) in [6.45, 7) is 6.31. The van der Waals surface area contributed by atoms with E-state index in [2.05, 4.69) is 23.7 Å². The average Bonchev–Trinajstić information content (AvgIpc) is 3.29. The summed E-state index contributed by atoms with van der Waals surface area (Å²) >= 11 is 0. The van der Waals surface area contributed by atoms with Gasteiger partial charge in [-0.3, -0.25) is 4.79 Å². The lowest BCUT2D eigenvalue weighted by Gasteiger charge is -2.41. The zero-order valence-electron chi connectivity index (χ0n) is 21.2. The van der Waals surface area contributed by atoms with Crippen LogP contribution in [0.3, 0.4) is 0 Å². The summed E-state index contributed by atoms with van der Waals surface area (Å²) in [6.07, 6.45) is 4.00. The fraction of sp³-hybridized carbons (Fsp3) is 0.760. The highest BCUT2D eigenvalue weighted by atomic mass is 32.2. The highest BCUT2D eigenvalue weighted by molar-refractivity contribution is 7.89. The zero-order chi connectivity index (χ0) is 25.5. The maximum atomic E-state index is 14.0. The largest absolute Gasteiger partial charge is 0.350 e. The smallest absolute Gasteiger partial charge is 0.248 e. The number of likely N-dealkylation sites (N-methyl/N-ethyl adjacent to an activating group) is 1. The molecule has 3 atom stereocenters. The summed E-state index contributed by atoms with van der Waals surface area (Å²) in [5.74, 6) is -2.52. The van der Waals surface area contributed by atoms with Gasteiger partial charge in [-0.15, -0.1) is 0 Å². The highest BCUT2D eigenvalue weighted by Gasteiger charge is 2.45. The van der Waals surface area contributed by atoms with Crippen LogP contribution >= 0.6 is 0 Å². The van der Waals surface area contributed by atoms with Crippen LogP contribution in [-0.2, 0) is 14.8 Å². The van der Waals surface area contributed by atoms with Crippen molar-refractivity contribution in [1.29, 1.82) is 0 Å². The molecular weight excluding hydrogens is 474 g/mol. The Morgan fingerprint density at radius 2 is 1.69 bits per heavy atom. The van der Waals surface area contributed by atoms with E-state index < -0.39 is 22.0 Å². The van der Waals surface area contributed by atoms with E-state index in [1.807, 2.05) is 6.92 Å². The van der Waals surface area contributed by atoms with Crippen molar-refractivity contribution in [1.82, 2.24) is 14.2 Å². The van der Waals surface area contributed by atoms with E-state index in [4.69, 9.17) is 0 Å². The summed E-state index contributed by atoms with van der Waals surface area (Å²) in [6, 6.07) is 2.53. The predicted molar refractivity (Wildman–Crippen MR) is 131 cm³/mol. The van der Waals surface area contributed by atoms with Crippen LogP contribution in [0.5, 0.6) is 0 Å². The first-order valence-corrected chi connectivity index (χ1v) is 14.3. The van der Waals surface area contributed by atoms with E-state index in [0.717, 1.165) is 25.0 Å². The van der Waals surface area contributed by atoms with Crippen LogP contribution < -0.4 is 4.90 Å². The van der Waals surface area contributed by atoms with Gasteiger partial charge in [-0.2, -0.15) is 4.31 Å². The summed E-state index contributed by atoms with van der Waals surface area (Å²) in [5, 5.41) is 0. The predicted octanol–water partition coefficient (Wildman–Crippen LogP) is 4.35. The molecule has 0 unspecified atom stereocenters. The molecule has 0 aromatic carbocycles. The van der Waals surface area contributed by atoms with Crippen molar-refractivity contribution in [3.63, 3.8) is 0 Å². The summed E-state index contributed by atoms with van der Waals surface area (Å²) in [4.78, 5) is 21.9. The van der Waals surface area contributed by atoms with E-state index in [1.54, 1.807) is 19.2 Å². The molecule has 3 heterocycles. The number of carbonyl (C=O) groups is 1. The lowest BCUT2D eigenvalue weighted by Crippen LogP contribution is -2.51. The first-order chi connectivity index (χ1) is 16.4. The van der Waals surface area contributed by atoms with E-state index in [0.29, 0.717) is 18.7 Å². The number of aryl methyl sites for hydroxylation is 1. The quantitative estimate of drug-likeness (QED) is 0.587. The molecule has 10 heteroatoms. The van der Waals surface area contributed by atoms with E-state index in [9.17, 15) is 22.0 Å². The summed E-state index contributed by atoms with van der Waals surface area (Å²) in [7, 11) is -2.38. The molecule has 0 spiro atoms. The molecule has 4 rings (SSSR count). The van der Waals surface area contributed by atoms with Crippen LogP contribution in [-0.4, -0.2) is 72.2 Å². The maximum absolute atomic E-state index is 14.0. The van der Waals surface area contributed by atoms with Crippen LogP contribution in [0.15, 0.2) is 17.0 Å². The topological polar surface area (TPSA) is 73.8 Å². The highest BCUT2D eigenvalue weighted by Crippen LogP contribution is 2.38. The molecule has 2 aliphatic heterocycles. The van der Waals surface area contributed by atoms with Gasteiger partial charge in [0.05, 0.1) is 0 Å². The van der Waals surface area contributed by atoms with E-state index in [-0.39, 0.29) is 61.2 Å². The van der Waals surface area contributed by atoms with Gasteiger partial charge in [0.1, 0.15) is 16.8 Å². The fourth-order valence-corrected chi connectivity index (χ4v) is 7.76. The molecule has 3 fully saturated rings. The molecule has 1 saturated carbocycles. The van der Waals surface area contributed by atoms with Crippen molar-refractivity contribution in [3.8, 4) is 0 Å². The molecule has 0 bridgehead atoms. The van der Waals surface area contributed by atoms with Gasteiger partial charge in [0.15, 0.2) is 0 Å². The standard InChI is InChI=1S/C25H38F2N4O3S/c1-17-10-11-22(23(28-17)31-18(2)7-5-8-19(31)3)35(33,34)30-16-6-9-21(30)24(32)29(4)20-12-14-25(26,27)15-13-20/h10-11,18-21H,5-9,12-16H2,1-4H3/t18-,19+,21-/m0/s1. The second kappa shape index (κ2) is 9.92. The number of hydrogen-bond donors (Lipinski definition) is 0. The normalized spacial score (nSPS) is 28.3. The first kappa shape index (κ1) is 26.3. The number of aromatic nitrogens is 1. The van der Waals surface area contributed by atoms with Crippen molar-refractivity contribution in [2.75, 3.05) is 18.5 Å². The van der Waals surface area contributed by atoms with Crippen molar-refractivity contribution in [2.45, 2.75) is 114 Å². The molecule has 1 aromatic rings. The second-order valence-electron chi connectivity index (χ2n) is 10.6. The number of anilines is 1. The Morgan fingerprint density at radius 3 is 2.31 bits per heavy atom. The number of pyridine rings is 1. The molecule has 1 aromatic heterocycles. The molecule has 3 aliphatic rings. The van der Waals surface area contributed by atoms with E-state index in [1.165, 1.54) is 9.21 Å². The zero-order valence-corrected chi connectivity index (χ0v) is 22.0. The second-order valence-corrected chi connectivity index (χ2v) is 12.5. The molecular formula is C25H38F2N4O3S. The van der Waals surface area contributed by atoms with Gasteiger partial charge in [0.25, 0.3) is 0 Å². The third-order valence-corrected chi connectivity index (χ3v) is 10.0. The summed E-state index contributed by atoms with van der Waals surface area (Å²) in [5.41, 5.74) is 0.742. The van der Waals surface area contributed by atoms with Gasteiger partial charge >= 0.3 is 0 Å². The van der Waals surface area contributed by atoms with Crippen LogP contribution in [0.4, 0.5) is 14.6 Å². The number of amides is 1. The third-order valence-electron chi connectivity index (χ3n) is 8.07. The van der Waals surface area contributed by atoms with Crippen LogP contribution in [0.1, 0.15) is 77.3 Å². The minimum absolute atomic E-state index is 0.142. The Kier molecular flexibility index (Phi) is 7.44. The van der Waals surface area contributed by atoms with Crippen LogP contribution in [0.25, 0.3) is 0 Å². The van der Waals surface area contributed by atoms with Crippen molar-refractivity contribution in [2.24, 2.45) is 0 Å². The van der Waals surface area contributed by atoms with Gasteiger partial charge in [-0.05, 0) is 77.8 Å². The fourth-order valence-electron chi connectivity index (χ4n) is 5.98. The van der Waals surface area contributed by atoms with Crippen molar-refractivity contribution < 1.29 is 22.0 Å². The van der Waals surface area contributed by atoms with Gasteiger partial charge in [-0.25, -0.2) is 22.2 Å². The molecule has 196 valence electrons. The molecule has 1 aliphatic carbocycles. The number of sulfonamides is 1. The van der Waals surface area contributed by atoms with Gasteiger partial charge in [0.2, 0.25) is 21.9 Å². The number of piperidine rings is 1. The SMILES string of the molecule is Cc1ccc(S(=O)(=O)N2CCC[C@H]2C(=O)N(C)C2CCC(F)(F)CC2)c(N2[C@H](C)CCC[C@@H]2C)n1. The molecule has 0 N–H and O–H groups in total. The molecule has 35 heavy (non-hydrogen) atoms. The number of rotatable bonds is 5. The number of carbonyl (C=O) groups excluding carboxylic acids is 1. The minimum atomic E-state index is -4.00. The molecule has 1 amide bonds. The number of hydrogen-bond acceptors (Lipinski definition) is 5. The Balaban J connectivity index is 1.62. The summed E-state index contributed by atoms with van der Waals surface area (Å²) < 4.78 is 56.6. The Hall–Kier alpha value is -1.81. The first-order valence-electron chi connectivity index (χ1n) is 12.8. The lowest BCUT2D eigenvalue weighted by atomic mass is 9.91. The van der Waals surface area contributed by atoms with Gasteiger partial charge in [-0.1, -0.05) is 0 Å². The number of alkyl halides is 2. The average molecular weight is 513 g/mol. The number of halogens is 2. The van der Waals surface area contributed by atoms with Crippen molar-refractivity contribution in [3.05, 3.63) is 17.8 Å². The minimum Gasteiger partial charge on any atom is -0.350 e. The van der Waals surface area contributed by atoms with Crippen LogP contribution in [0.2, 0.25) is 0 Å². The Labute approximate surface area is 207 Å². The van der Waals surface area contributed by atoms with Crippen molar-refractivity contribution >= 4 is 21.7 Å². The third kappa shape index (κ3) is 5.19. The van der Waals surface area contributed by atoms with Gasteiger partial charge < -0.3 is 9.80 Å². The molecule has 0 radical (unpaired) electrons. The Morgan fingerprint density at radius 1 is 1.06 bits per heavy atom. The molecule has 7 nitrogen and oxygen atoms in total. The molecule has 2 saturated heterocycles.